The summed E-state index contributed by atoms with van der Waals surface area (Å²) in [4.78, 5) is 25.0. The third kappa shape index (κ3) is 3.13. The summed E-state index contributed by atoms with van der Waals surface area (Å²) in [5, 5.41) is 10.5. The van der Waals surface area contributed by atoms with Gasteiger partial charge in [0.05, 0.1) is 12.7 Å². The fourth-order valence-corrected chi connectivity index (χ4v) is 3.12. The van der Waals surface area contributed by atoms with E-state index in [9.17, 15) is 4.79 Å². The molecule has 0 aliphatic carbocycles. The molecule has 0 saturated heterocycles. The molecular formula is C18H19N7O. The highest BCUT2D eigenvalue weighted by atomic mass is 16.1. The maximum absolute atomic E-state index is 12.3. The number of carbonyl (C=O) groups excluding carboxylic acids is 1. The molecule has 0 spiro atoms. The van der Waals surface area contributed by atoms with Crippen molar-refractivity contribution in [2.75, 3.05) is 17.2 Å². The minimum Gasteiger partial charge on any atom is -0.355 e. The third-order valence-corrected chi connectivity index (χ3v) is 4.35. The number of nitrogens with one attached hydrogen (secondary N) is 2. The molecule has 8 nitrogen and oxygen atoms in total. The quantitative estimate of drug-likeness (QED) is 0.731. The average Bonchev–Trinajstić information content (AvgIpc) is 3.05. The van der Waals surface area contributed by atoms with Gasteiger partial charge in [-0.25, -0.2) is 14.6 Å². The molecule has 0 aromatic carbocycles. The lowest BCUT2D eigenvalue weighted by Crippen LogP contribution is -2.25. The Balaban J connectivity index is 1.65. The van der Waals surface area contributed by atoms with Crippen LogP contribution in [0.25, 0.3) is 0 Å². The van der Waals surface area contributed by atoms with Crippen LogP contribution in [-0.4, -0.2) is 37.2 Å². The van der Waals surface area contributed by atoms with Crippen molar-refractivity contribution in [2.45, 2.75) is 25.8 Å². The van der Waals surface area contributed by atoms with Crippen LogP contribution in [0.15, 0.2) is 43.1 Å². The number of nitrogens with zero attached hydrogens (tertiary/aromatic N) is 5. The highest BCUT2D eigenvalue weighted by Gasteiger charge is 2.30. The van der Waals surface area contributed by atoms with E-state index in [0.29, 0.717) is 18.9 Å². The molecule has 0 bridgehead atoms. The predicted octanol–water partition coefficient (Wildman–Crippen LogP) is 2.02. The van der Waals surface area contributed by atoms with Crippen LogP contribution in [0.3, 0.4) is 0 Å². The molecule has 4 rings (SSSR count). The Bertz CT molecular complexity index is 905. The van der Waals surface area contributed by atoms with Gasteiger partial charge >= 0.3 is 0 Å². The predicted molar refractivity (Wildman–Crippen MR) is 96.9 cm³/mol. The second-order valence-corrected chi connectivity index (χ2v) is 6.14. The summed E-state index contributed by atoms with van der Waals surface area (Å²) in [6.07, 6.45) is 9.25. The first-order valence-corrected chi connectivity index (χ1v) is 8.55. The van der Waals surface area contributed by atoms with Crippen LogP contribution in [0.2, 0.25) is 0 Å². The maximum atomic E-state index is 12.3. The lowest BCUT2D eigenvalue weighted by atomic mass is 9.89. The van der Waals surface area contributed by atoms with Gasteiger partial charge in [0.15, 0.2) is 0 Å². The van der Waals surface area contributed by atoms with Crippen molar-refractivity contribution in [1.29, 1.82) is 0 Å². The van der Waals surface area contributed by atoms with E-state index in [1.54, 1.807) is 29.5 Å². The lowest BCUT2D eigenvalue weighted by Gasteiger charge is -2.23. The van der Waals surface area contributed by atoms with Crippen molar-refractivity contribution in [3.05, 3.63) is 59.8 Å². The van der Waals surface area contributed by atoms with Gasteiger partial charge in [-0.3, -0.25) is 9.78 Å². The zero-order valence-electron chi connectivity index (χ0n) is 14.4. The minimum atomic E-state index is -0.0999. The van der Waals surface area contributed by atoms with Crippen molar-refractivity contribution in [1.82, 2.24) is 24.7 Å². The van der Waals surface area contributed by atoms with Gasteiger partial charge in [-0.1, -0.05) is 6.07 Å². The SMILES string of the molecule is CCNc1ncc(C2CC(=O)Nc3c2cnn3Cc2cccnc2)cn1. The van der Waals surface area contributed by atoms with Crippen LogP contribution in [0.1, 0.15) is 36.0 Å². The molecule has 3 aromatic heterocycles. The molecule has 0 fully saturated rings. The van der Waals surface area contributed by atoms with Crippen LogP contribution in [0.4, 0.5) is 11.8 Å². The Morgan fingerprint density at radius 2 is 2.12 bits per heavy atom. The fourth-order valence-electron chi connectivity index (χ4n) is 3.12. The van der Waals surface area contributed by atoms with Gasteiger partial charge in [0.1, 0.15) is 5.82 Å². The van der Waals surface area contributed by atoms with Crippen molar-refractivity contribution >= 4 is 17.7 Å². The zero-order valence-corrected chi connectivity index (χ0v) is 14.4. The third-order valence-electron chi connectivity index (χ3n) is 4.35. The fraction of sp³-hybridized carbons (Fsp3) is 0.278. The van der Waals surface area contributed by atoms with Gasteiger partial charge in [-0.15, -0.1) is 0 Å². The van der Waals surface area contributed by atoms with E-state index in [1.165, 1.54) is 0 Å². The molecule has 2 N–H and O–H groups in total. The molecule has 1 aliphatic rings. The second-order valence-electron chi connectivity index (χ2n) is 6.14. The highest BCUT2D eigenvalue weighted by Crippen LogP contribution is 2.36. The smallest absolute Gasteiger partial charge is 0.226 e. The van der Waals surface area contributed by atoms with E-state index in [1.807, 2.05) is 25.3 Å². The lowest BCUT2D eigenvalue weighted by molar-refractivity contribution is -0.116. The highest BCUT2D eigenvalue weighted by molar-refractivity contribution is 5.94. The first kappa shape index (κ1) is 16.2. The molecule has 26 heavy (non-hydrogen) atoms. The Hall–Kier alpha value is -3.29. The van der Waals surface area contributed by atoms with Crippen LogP contribution < -0.4 is 10.6 Å². The van der Waals surface area contributed by atoms with Crippen molar-refractivity contribution in [3.63, 3.8) is 0 Å². The van der Waals surface area contributed by atoms with E-state index in [0.717, 1.165) is 29.1 Å². The maximum Gasteiger partial charge on any atom is 0.226 e. The van der Waals surface area contributed by atoms with Gasteiger partial charge in [0.25, 0.3) is 0 Å². The number of pyridine rings is 1. The monoisotopic (exact) mass is 349 g/mol. The molecule has 0 radical (unpaired) electrons. The van der Waals surface area contributed by atoms with E-state index in [-0.39, 0.29) is 11.8 Å². The summed E-state index contributed by atoms with van der Waals surface area (Å²) in [6.45, 7) is 3.30. The Labute approximate surface area is 150 Å². The van der Waals surface area contributed by atoms with Crippen LogP contribution in [0, 0.1) is 0 Å². The van der Waals surface area contributed by atoms with E-state index < -0.39 is 0 Å². The van der Waals surface area contributed by atoms with E-state index in [2.05, 4.69) is 30.7 Å². The molecule has 1 atom stereocenters. The second kappa shape index (κ2) is 6.91. The first-order chi connectivity index (χ1) is 12.7. The Kier molecular flexibility index (Phi) is 4.30. The summed E-state index contributed by atoms with van der Waals surface area (Å²) in [5.41, 5.74) is 2.91. The van der Waals surface area contributed by atoms with Crippen LogP contribution >= 0.6 is 0 Å². The van der Waals surface area contributed by atoms with Crippen LogP contribution in [-0.2, 0) is 11.3 Å². The van der Waals surface area contributed by atoms with Gasteiger partial charge < -0.3 is 10.6 Å². The van der Waals surface area contributed by atoms with Gasteiger partial charge in [-0.05, 0) is 24.1 Å². The number of carbonyl (C=O) groups is 1. The normalized spacial score (nSPS) is 16.0. The number of rotatable bonds is 5. The number of hydrogen-bond donors (Lipinski definition) is 2. The molecule has 3 aromatic rings. The van der Waals surface area contributed by atoms with Crippen molar-refractivity contribution < 1.29 is 4.79 Å². The van der Waals surface area contributed by atoms with E-state index in [4.69, 9.17) is 0 Å². The van der Waals surface area contributed by atoms with Crippen LogP contribution in [0.5, 0.6) is 0 Å². The van der Waals surface area contributed by atoms with Gasteiger partial charge in [-0.2, -0.15) is 5.10 Å². The Morgan fingerprint density at radius 1 is 1.27 bits per heavy atom. The minimum absolute atomic E-state index is 0.0359. The topological polar surface area (TPSA) is 97.6 Å². The number of anilines is 2. The zero-order chi connectivity index (χ0) is 17.9. The standard InChI is InChI=1S/C18H19N7O/c1-2-20-18-21-8-13(9-22-18)14-6-16(26)24-17-15(14)10-23-25(17)11-12-4-3-5-19-7-12/h3-5,7-10,14H,2,6,11H2,1H3,(H,24,26)(H,20,21,22). The number of hydrogen-bond acceptors (Lipinski definition) is 6. The molecule has 1 amide bonds. The summed E-state index contributed by atoms with van der Waals surface area (Å²) < 4.78 is 1.80. The molecule has 132 valence electrons. The van der Waals surface area contributed by atoms with E-state index >= 15 is 0 Å². The molecule has 1 aliphatic heterocycles. The summed E-state index contributed by atoms with van der Waals surface area (Å²) >= 11 is 0. The summed E-state index contributed by atoms with van der Waals surface area (Å²) in [7, 11) is 0. The Morgan fingerprint density at radius 3 is 2.85 bits per heavy atom. The van der Waals surface area contributed by atoms with Crippen molar-refractivity contribution in [2.24, 2.45) is 0 Å². The van der Waals surface area contributed by atoms with Gasteiger partial charge in [0.2, 0.25) is 11.9 Å². The number of fused-ring (bicyclic) bond motifs is 1. The molecule has 0 saturated carbocycles. The van der Waals surface area contributed by atoms with Gasteiger partial charge in [0, 0.05) is 49.2 Å². The molecule has 4 heterocycles. The number of amides is 1. The summed E-state index contributed by atoms with van der Waals surface area (Å²) in [5.74, 6) is 1.18. The first-order valence-electron chi connectivity index (χ1n) is 8.55. The number of aromatic nitrogens is 5. The van der Waals surface area contributed by atoms with Crippen molar-refractivity contribution in [3.8, 4) is 0 Å². The largest absolute Gasteiger partial charge is 0.355 e. The molecular weight excluding hydrogens is 330 g/mol. The summed E-state index contributed by atoms with van der Waals surface area (Å²) in [6, 6.07) is 3.87. The average molecular weight is 349 g/mol. The molecule has 8 heteroatoms. The molecule has 1 unspecified atom stereocenters.